The fourth-order valence-electron chi connectivity index (χ4n) is 3.35. The molecule has 0 spiro atoms. The molecule has 0 amide bonds. The molecule has 0 aliphatic heterocycles. The first-order valence-corrected chi connectivity index (χ1v) is 9.92. The molecule has 0 saturated heterocycles. The Balaban J connectivity index is 1.57. The van der Waals surface area contributed by atoms with E-state index < -0.39 is 0 Å². The molecule has 2 aromatic carbocycles. The van der Waals surface area contributed by atoms with Crippen LogP contribution in [0.25, 0.3) is 0 Å². The maximum absolute atomic E-state index is 12.0. The van der Waals surface area contributed by atoms with Gasteiger partial charge in [0.05, 0.1) is 19.8 Å². The van der Waals surface area contributed by atoms with Crippen molar-refractivity contribution in [3.63, 3.8) is 0 Å². The molecule has 0 bridgehead atoms. The van der Waals surface area contributed by atoms with E-state index in [-0.39, 0.29) is 11.9 Å². The molecule has 1 unspecified atom stereocenters. The van der Waals surface area contributed by atoms with Gasteiger partial charge in [0, 0.05) is 12.8 Å². The SMILES string of the molecule is COc1cccc(CCC=CC(CC2=CCCC2=O)OCc2ccccc2)c1. The summed E-state index contributed by atoms with van der Waals surface area (Å²) in [5, 5.41) is 0. The molecule has 3 heteroatoms. The third kappa shape index (κ3) is 6.21. The molecule has 146 valence electrons. The van der Waals surface area contributed by atoms with Crippen LogP contribution in [0.5, 0.6) is 5.75 Å². The van der Waals surface area contributed by atoms with E-state index in [0.717, 1.165) is 36.1 Å². The van der Waals surface area contributed by atoms with Gasteiger partial charge in [0.1, 0.15) is 5.75 Å². The van der Waals surface area contributed by atoms with Crippen molar-refractivity contribution in [2.45, 2.75) is 44.8 Å². The van der Waals surface area contributed by atoms with Gasteiger partial charge in [-0.3, -0.25) is 4.79 Å². The Morgan fingerprint density at radius 2 is 1.89 bits per heavy atom. The number of hydrogen-bond acceptors (Lipinski definition) is 3. The number of Topliss-reactive ketones (excluding diaryl/α,β-unsaturated/α-hetero) is 1. The van der Waals surface area contributed by atoms with Crippen LogP contribution in [-0.4, -0.2) is 19.0 Å². The van der Waals surface area contributed by atoms with Crippen molar-refractivity contribution in [1.82, 2.24) is 0 Å². The lowest BCUT2D eigenvalue weighted by molar-refractivity contribution is -0.115. The highest BCUT2D eigenvalue weighted by Gasteiger charge is 2.18. The number of carbonyl (C=O) groups is 1. The average molecular weight is 376 g/mol. The summed E-state index contributed by atoms with van der Waals surface area (Å²) in [5.41, 5.74) is 3.30. The van der Waals surface area contributed by atoms with Gasteiger partial charge >= 0.3 is 0 Å². The summed E-state index contributed by atoms with van der Waals surface area (Å²) < 4.78 is 11.4. The topological polar surface area (TPSA) is 35.5 Å². The standard InChI is InChI=1S/C25H28O3/c1-27-23-15-7-12-20(17-23)9-5-6-14-24(18-22-13-8-16-25(22)26)28-19-21-10-3-2-4-11-21/h2-4,6-7,10-15,17,24H,5,8-9,16,18-19H2,1H3. The second-order valence-electron chi connectivity index (χ2n) is 7.05. The van der Waals surface area contributed by atoms with Gasteiger partial charge in [-0.2, -0.15) is 0 Å². The lowest BCUT2D eigenvalue weighted by atomic mass is 10.0. The fraction of sp³-hybridized carbons (Fsp3) is 0.320. The minimum Gasteiger partial charge on any atom is -0.497 e. The molecule has 1 atom stereocenters. The zero-order valence-corrected chi connectivity index (χ0v) is 16.5. The fourth-order valence-corrected chi connectivity index (χ4v) is 3.35. The molecule has 0 heterocycles. The van der Waals surface area contributed by atoms with E-state index in [1.54, 1.807) is 7.11 Å². The van der Waals surface area contributed by atoms with E-state index in [2.05, 4.69) is 42.5 Å². The van der Waals surface area contributed by atoms with Crippen LogP contribution < -0.4 is 4.74 Å². The predicted molar refractivity (Wildman–Crippen MR) is 112 cm³/mol. The monoisotopic (exact) mass is 376 g/mol. The number of carbonyl (C=O) groups excluding carboxylic acids is 1. The Bertz CT molecular complexity index is 821. The molecular weight excluding hydrogens is 348 g/mol. The van der Waals surface area contributed by atoms with E-state index in [4.69, 9.17) is 9.47 Å². The van der Waals surface area contributed by atoms with Crippen LogP contribution >= 0.6 is 0 Å². The first-order valence-electron chi connectivity index (χ1n) is 9.92. The normalized spacial score (nSPS) is 15.0. The van der Waals surface area contributed by atoms with Gasteiger partial charge in [-0.15, -0.1) is 0 Å². The molecule has 1 aliphatic rings. The highest BCUT2D eigenvalue weighted by molar-refractivity contribution is 5.97. The molecule has 0 saturated carbocycles. The second kappa shape index (κ2) is 10.6. The van der Waals surface area contributed by atoms with E-state index in [1.165, 1.54) is 5.56 Å². The molecule has 2 aromatic rings. The molecule has 28 heavy (non-hydrogen) atoms. The van der Waals surface area contributed by atoms with E-state index in [0.29, 0.717) is 19.4 Å². The molecule has 1 aliphatic carbocycles. The summed E-state index contributed by atoms with van der Waals surface area (Å²) in [6.07, 6.45) is 10.3. The molecular formula is C25H28O3. The lowest BCUT2D eigenvalue weighted by Crippen LogP contribution is -2.13. The van der Waals surface area contributed by atoms with Gasteiger partial charge < -0.3 is 9.47 Å². The van der Waals surface area contributed by atoms with Gasteiger partial charge in [0.25, 0.3) is 0 Å². The van der Waals surface area contributed by atoms with Gasteiger partial charge in [0.15, 0.2) is 5.78 Å². The van der Waals surface area contributed by atoms with Gasteiger partial charge in [-0.25, -0.2) is 0 Å². The van der Waals surface area contributed by atoms with Crippen LogP contribution in [0.2, 0.25) is 0 Å². The largest absolute Gasteiger partial charge is 0.497 e. The van der Waals surface area contributed by atoms with E-state index in [1.807, 2.05) is 30.3 Å². The summed E-state index contributed by atoms with van der Waals surface area (Å²) in [4.78, 5) is 12.0. The van der Waals surface area contributed by atoms with Crippen molar-refractivity contribution < 1.29 is 14.3 Å². The average Bonchev–Trinajstić information content (AvgIpc) is 3.14. The Morgan fingerprint density at radius 3 is 2.64 bits per heavy atom. The first kappa shape index (κ1) is 20.1. The Morgan fingerprint density at radius 1 is 1.07 bits per heavy atom. The number of rotatable bonds is 10. The molecule has 3 nitrogen and oxygen atoms in total. The zero-order chi connectivity index (χ0) is 19.6. The molecule has 0 aromatic heterocycles. The van der Waals surface area contributed by atoms with Crippen LogP contribution in [0.15, 0.2) is 78.4 Å². The molecule has 0 radical (unpaired) electrons. The number of ether oxygens (including phenoxy) is 2. The summed E-state index contributed by atoms with van der Waals surface area (Å²) in [7, 11) is 1.69. The highest BCUT2D eigenvalue weighted by Crippen LogP contribution is 2.21. The maximum atomic E-state index is 12.0. The smallest absolute Gasteiger partial charge is 0.158 e. The number of ketones is 1. The second-order valence-corrected chi connectivity index (χ2v) is 7.05. The molecule has 3 rings (SSSR count). The third-order valence-corrected chi connectivity index (χ3v) is 4.93. The van der Waals surface area contributed by atoms with E-state index >= 15 is 0 Å². The van der Waals surface area contributed by atoms with Gasteiger partial charge in [0.2, 0.25) is 0 Å². The van der Waals surface area contributed by atoms with Gasteiger partial charge in [-0.05, 0) is 48.1 Å². The predicted octanol–water partition coefficient (Wildman–Crippen LogP) is 5.45. The number of allylic oxidation sites excluding steroid dienone is 2. The summed E-state index contributed by atoms with van der Waals surface area (Å²) in [5.74, 6) is 1.15. The molecule has 0 fully saturated rings. The van der Waals surface area contributed by atoms with Crippen LogP contribution in [0.1, 0.15) is 36.8 Å². The summed E-state index contributed by atoms with van der Waals surface area (Å²) >= 11 is 0. The Kier molecular flexibility index (Phi) is 7.62. The van der Waals surface area contributed by atoms with Crippen LogP contribution in [0.4, 0.5) is 0 Å². The number of aryl methyl sites for hydroxylation is 1. The Hall–Kier alpha value is -2.65. The number of benzene rings is 2. The first-order chi connectivity index (χ1) is 13.7. The van der Waals surface area contributed by atoms with Crippen molar-refractivity contribution in [2.75, 3.05) is 7.11 Å². The number of methoxy groups -OCH3 is 1. The third-order valence-electron chi connectivity index (χ3n) is 4.93. The maximum Gasteiger partial charge on any atom is 0.158 e. The highest BCUT2D eigenvalue weighted by atomic mass is 16.5. The number of hydrogen-bond donors (Lipinski definition) is 0. The van der Waals surface area contributed by atoms with Crippen LogP contribution in [0, 0.1) is 0 Å². The van der Waals surface area contributed by atoms with Crippen molar-refractivity contribution in [1.29, 1.82) is 0 Å². The van der Waals surface area contributed by atoms with Crippen molar-refractivity contribution >= 4 is 5.78 Å². The van der Waals surface area contributed by atoms with Crippen molar-refractivity contribution in [3.8, 4) is 5.75 Å². The quantitative estimate of drug-likeness (QED) is 0.517. The minimum absolute atomic E-state index is 0.0844. The van der Waals surface area contributed by atoms with Crippen LogP contribution in [0.3, 0.4) is 0 Å². The Labute approximate surface area is 167 Å². The zero-order valence-electron chi connectivity index (χ0n) is 16.5. The minimum atomic E-state index is -0.0844. The van der Waals surface area contributed by atoms with Crippen molar-refractivity contribution in [2.24, 2.45) is 0 Å². The van der Waals surface area contributed by atoms with Crippen LogP contribution in [-0.2, 0) is 22.6 Å². The summed E-state index contributed by atoms with van der Waals surface area (Å²) in [6, 6.07) is 18.3. The van der Waals surface area contributed by atoms with Crippen molar-refractivity contribution in [3.05, 3.63) is 89.5 Å². The summed E-state index contributed by atoms with van der Waals surface area (Å²) in [6.45, 7) is 0.549. The van der Waals surface area contributed by atoms with E-state index in [9.17, 15) is 4.79 Å². The lowest BCUT2D eigenvalue weighted by Gasteiger charge is -2.15. The molecule has 0 N–H and O–H groups in total. The van der Waals surface area contributed by atoms with Gasteiger partial charge in [-0.1, -0.05) is 60.7 Å².